The number of carbonyl (C=O) groups excluding carboxylic acids is 2. The molecule has 1 aromatic rings. The van der Waals surface area contributed by atoms with Crippen LogP contribution in [-0.2, 0) is 4.79 Å². The Bertz CT molecular complexity index is 570. The summed E-state index contributed by atoms with van der Waals surface area (Å²) in [6.07, 6.45) is 0.871. The van der Waals surface area contributed by atoms with E-state index < -0.39 is 0 Å². The second kappa shape index (κ2) is 8.19. The fourth-order valence-electron chi connectivity index (χ4n) is 2.36. The van der Waals surface area contributed by atoms with Gasteiger partial charge in [-0.25, -0.2) is 9.18 Å². The van der Waals surface area contributed by atoms with E-state index in [1.165, 1.54) is 17.8 Å². The number of nitrogens with one attached hydrogen (secondary N) is 1. The largest absolute Gasteiger partial charge is 0.338 e. The third kappa shape index (κ3) is 4.37. The minimum absolute atomic E-state index is 0.0226. The monoisotopic (exact) mass is 339 g/mol. The number of benzene rings is 1. The molecular weight excluding hydrogens is 317 g/mol. The van der Waals surface area contributed by atoms with Crippen LogP contribution >= 0.6 is 11.8 Å². The summed E-state index contributed by atoms with van der Waals surface area (Å²) in [5, 5.41) is 2.47. The van der Waals surface area contributed by atoms with E-state index in [4.69, 9.17) is 0 Å². The van der Waals surface area contributed by atoms with Gasteiger partial charge in [0.2, 0.25) is 5.91 Å². The fraction of sp³-hybridized carbons (Fsp3) is 0.500. The maximum Gasteiger partial charge on any atom is 0.317 e. The Morgan fingerprint density at radius 1 is 1.48 bits per heavy atom. The Hall–Kier alpha value is -1.76. The predicted molar refractivity (Wildman–Crippen MR) is 89.6 cm³/mol. The number of hydrogen-bond donors (Lipinski definition) is 1. The van der Waals surface area contributed by atoms with Crippen LogP contribution in [-0.4, -0.2) is 54.2 Å². The molecule has 1 aromatic carbocycles. The van der Waals surface area contributed by atoms with Crippen molar-refractivity contribution in [3.05, 3.63) is 35.6 Å². The fourth-order valence-corrected chi connectivity index (χ4v) is 3.59. The maximum atomic E-state index is 14.0. The third-order valence-corrected chi connectivity index (χ3v) is 4.93. The van der Waals surface area contributed by atoms with E-state index in [1.54, 1.807) is 35.0 Å². The van der Waals surface area contributed by atoms with Gasteiger partial charge in [-0.05, 0) is 12.5 Å². The van der Waals surface area contributed by atoms with E-state index >= 15 is 0 Å². The summed E-state index contributed by atoms with van der Waals surface area (Å²) >= 11 is 1.42. The number of urea groups is 1. The molecule has 7 heteroatoms. The van der Waals surface area contributed by atoms with Crippen molar-refractivity contribution in [1.29, 1.82) is 0 Å². The SMILES string of the molecule is CCCNC(=O)N(C)CCN1C(=O)CS[C@@H]1c1ccccc1F. The van der Waals surface area contributed by atoms with Crippen LogP contribution in [0.5, 0.6) is 0 Å². The van der Waals surface area contributed by atoms with Gasteiger partial charge in [0.25, 0.3) is 0 Å². The van der Waals surface area contributed by atoms with Crippen molar-refractivity contribution in [1.82, 2.24) is 15.1 Å². The second-order valence-electron chi connectivity index (χ2n) is 5.43. The van der Waals surface area contributed by atoms with E-state index in [-0.39, 0.29) is 23.1 Å². The molecule has 3 amide bonds. The van der Waals surface area contributed by atoms with Crippen molar-refractivity contribution in [3.8, 4) is 0 Å². The third-order valence-electron chi connectivity index (χ3n) is 3.69. The van der Waals surface area contributed by atoms with Gasteiger partial charge in [-0.3, -0.25) is 4.79 Å². The summed E-state index contributed by atoms with van der Waals surface area (Å²) in [5.41, 5.74) is 0.515. The van der Waals surface area contributed by atoms with Gasteiger partial charge in [0.15, 0.2) is 0 Å². The highest BCUT2D eigenvalue weighted by atomic mass is 32.2. The lowest BCUT2D eigenvalue weighted by Crippen LogP contribution is -2.42. The lowest BCUT2D eigenvalue weighted by Gasteiger charge is -2.27. The molecule has 23 heavy (non-hydrogen) atoms. The molecule has 1 aliphatic rings. The predicted octanol–water partition coefficient (Wildman–Crippen LogP) is 2.45. The van der Waals surface area contributed by atoms with Crippen LogP contribution in [0.25, 0.3) is 0 Å². The highest BCUT2D eigenvalue weighted by Gasteiger charge is 2.34. The van der Waals surface area contributed by atoms with E-state index in [0.717, 1.165) is 6.42 Å². The van der Waals surface area contributed by atoms with Crippen LogP contribution in [0.2, 0.25) is 0 Å². The number of nitrogens with zero attached hydrogens (tertiary/aromatic N) is 2. The molecule has 2 rings (SSSR count). The average molecular weight is 339 g/mol. The number of rotatable bonds is 6. The van der Waals surface area contributed by atoms with Crippen molar-refractivity contribution < 1.29 is 14.0 Å². The van der Waals surface area contributed by atoms with Gasteiger partial charge in [-0.1, -0.05) is 25.1 Å². The molecule has 0 radical (unpaired) electrons. The summed E-state index contributed by atoms with van der Waals surface area (Å²) in [7, 11) is 1.69. The van der Waals surface area contributed by atoms with Crippen LogP contribution in [0.15, 0.2) is 24.3 Å². The average Bonchev–Trinajstić information content (AvgIpc) is 2.91. The molecule has 0 saturated carbocycles. The van der Waals surface area contributed by atoms with Crippen molar-refractivity contribution in [2.24, 2.45) is 0 Å². The normalized spacial score (nSPS) is 17.4. The quantitative estimate of drug-likeness (QED) is 0.866. The first-order chi connectivity index (χ1) is 11.0. The van der Waals surface area contributed by atoms with Crippen LogP contribution in [0.1, 0.15) is 24.3 Å². The molecule has 0 unspecified atom stereocenters. The summed E-state index contributed by atoms with van der Waals surface area (Å²) < 4.78 is 14.0. The highest BCUT2D eigenvalue weighted by Crippen LogP contribution is 2.39. The van der Waals surface area contributed by atoms with Crippen LogP contribution < -0.4 is 5.32 Å². The minimum atomic E-state index is -0.323. The van der Waals surface area contributed by atoms with E-state index in [9.17, 15) is 14.0 Å². The zero-order chi connectivity index (χ0) is 16.8. The summed E-state index contributed by atoms with van der Waals surface area (Å²) in [5.74, 6) is 0.00875. The smallest absolute Gasteiger partial charge is 0.317 e. The van der Waals surface area contributed by atoms with E-state index in [2.05, 4.69) is 5.32 Å². The Kier molecular flexibility index (Phi) is 6.27. The minimum Gasteiger partial charge on any atom is -0.338 e. The molecule has 0 aliphatic carbocycles. The Balaban J connectivity index is 1.98. The van der Waals surface area contributed by atoms with Crippen LogP contribution in [0.3, 0.4) is 0 Å². The first-order valence-corrected chi connectivity index (χ1v) is 8.74. The number of amides is 3. The first-order valence-electron chi connectivity index (χ1n) is 7.69. The van der Waals surface area contributed by atoms with Gasteiger partial charge >= 0.3 is 6.03 Å². The molecule has 1 heterocycles. The van der Waals surface area contributed by atoms with Gasteiger partial charge < -0.3 is 15.1 Å². The van der Waals surface area contributed by atoms with Crippen molar-refractivity contribution in [2.45, 2.75) is 18.7 Å². The molecular formula is C16H22FN3O2S. The molecule has 1 fully saturated rings. The van der Waals surface area contributed by atoms with E-state index in [0.29, 0.717) is 31.0 Å². The lowest BCUT2D eigenvalue weighted by molar-refractivity contribution is -0.128. The molecule has 0 aromatic heterocycles. The molecule has 5 nitrogen and oxygen atoms in total. The van der Waals surface area contributed by atoms with E-state index in [1.807, 2.05) is 6.92 Å². The number of hydrogen-bond acceptors (Lipinski definition) is 3. The Morgan fingerprint density at radius 2 is 2.22 bits per heavy atom. The van der Waals surface area contributed by atoms with Gasteiger partial charge in [0.1, 0.15) is 11.2 Å². The molecule has 126 valence electrons. The second-order valence-corrected chi connectivity index (χ2v) is 6.49. The maximum absolute atomic E-state index is 14.0. The van der Waals surface area contributed by atoms with Crippen molar-refractivity contribution >= 4 is 23.7 Å². The number of thioether (sulfide) groups is 1. The standard InChI is InChI=1S/C16H22FN3O2S/c1-3-8-18-16(22)19(2)9-10-20-14(21)11-23-15(20)12-6-4-5-7-13(12)17/h4-7,15H,3,8-11H2,1-2H3,(H,18,22)/t15-/m1/s1. The van der Waals surface area contributed by atoms with Crippen LogP contribution in [0, 0.1) is 5.82 Å². The highest BCUT2D eigenvalue weighted by molar-refractivity contribution is 8.00. The van der Waals surface area contributed by atoms with Crippen molar-refractivity contribution in [2.75, 3.05) is 32.4 Å². The topological polar surface area (TPSA) is 52.7 Å². The summed E-state index contributed by atoms with van der Waals surface area (Å²) in [6, 6.07) is 6.35. The van der Waals surface area contributed by atoms with Crippen molar-refractivity contribution in [3.63, 3.8) is 0 Å². The molecule has 1 atom stereocenters. The summed E-state index contributed by atoms with van der Waals surface area (Å²) in [4.78, 5) is 27.1. The molecule has 0 spiro atoms. The van der Waals surface area contributed by atoms with Gasteiger partial charge in [0, 0.05) is 32.2 Å². The van der Waals surface area contributed by atoms with Gasteiger partial charge in [-0.15, -0.1) is 11.8 Å². The zero-order valence-electron chi connectivity index (χ0n) is 13.4. The zero-order valence-corrected chi connectivity index (χ0v) is 14.2. The van der Waals surface area contributed by atoms with Gasteiger partial charge in [0.05, 0.1) is 5.75 Å². The Labute approximate surface area is 140 Å². The molecule has 1 saturated heterocycles. The number of halogens is 1. The molecule has 1 N–H and O–H groups in total. The van der Waals surface area contributed by atoms with Crippen LogP contribution in [0.4, 0.5) is 9.18 Å². The van der Waals surface area contributed by atoms with Gasteiger partial charge in [-0.2, -0.15) is 0 Å². The molecule has 1 aliphatic heterocycles. The number of carbonyl (C=O) groups is 2. The summed E-state index contributed by atoms with van der Waals surface area (Å²) in [6.45, 7) is 3.41. The number of likely N-dealkylation sites (N-methyl/N-ethyl adjacent to an activating group) is 1. The Morgan fingerprint density at radius 3 is 2.91 bits per heavy atom. The first kappa shape index (κ1) is 17.6. The molecule has 0 bridgehead atoms. The lowest BCUT2D eigenvalue weighted by atomic mass is 10.2.